The monoisotopic (exact) mass is 274 g/mol. The van der Waals surface area contributed by atoms with Crippen molar-refractivity contribution in [2.24, 2.45) is 5.92 Å². The van der Waals surface area contributed by atoms with E-state index in [9.17, 15) is 4.79 Å². The first-order valence-electron chi connectivity index (χ1n) is 6.74. The minimum Gasteiger partial charge on any atom is -0.397 e. The number of hydrogen-bond acceptors (Lipinski definition) is 3. The van der Waals surface area contributed by atoms with E-state index in [0.717, 1.165) is 10.1 Å². The van der Waals surface area contributed by atoms with Crippen LogP contribution in [0.2, 0.25) is 0 Å². The second-order valence-electron chi connectivity index (χ2n) is 5.29. The molecule has 3 nitrogen and oxygen atoms in total. The Balaban J connectivity index is 1.82. The Kier molecular flexibility index (Phi) is 3.19. The van der Waals surface area contributed by atoms with E-state index in [-0.39, 0.29) is 11.9 Å². The molecule has 0 radical (unpaired) electrons. The molecule has 19 heavy (non-hydrogen) atoms. The molecule has 3 rings (SSSR count). The molecule has 100 valence electrons. The lowest BCUT2D eigenvalue weighted by atomic mass is 9.80. The average Bonchev–Trinajstić information content (AvgIpc) is 2.65. The molecular formula is C15H18N2OS. The van der Waals surface area contributed by atoms with Crippen molar-refractivity contribution < 1.29 is 4.79 Å². The van der Waals surface area contributed by atoms with E-state index in [4.69, 9.17) is 5.73 Å². The molecule has 1 unspecified atom stereocenters. The van der Waals surface area contributed by atoms with Crippen molar-refractivity contribution in [3.05, 3.63) is 29.1 Å². The number of carbonyl (C=O) groups excluding carboxylic acids is 1. The van der Waals surface area contributed by atoms with Crippen LogP contribution in [-0.2, 0) is 0 Å². The average molecular weight is 274 g/mol. The van der Waals surface area contributed by atoms with Gasteiger partial charge in [0.05, 0.1) is 5.69 Å². The van der Waals surface area contributed by atoms with Gasteiger partial charge in [0.25, 0.3) is 5.91 Å². The smallest absolute Gasteiger partial charge is 0.263 e. The first-order chi connectivity index (χ1) is 9.16. The molecule has 0 saturated heterocycles. The molecule has 1 aliphatic rings. The van der Waals surface area contributed by atoms with E-state index in [1.54, 1.807) is 0 Å². The lowest BCUT2D eigenvalue weighted by molar-refractivity contribution is 0.0914. The second-order valence-corrected chi connectivity index (χ2v) is 6.35. The molecule has 1 heterocycles. The normalized spacial score (nSPS) is 17.1. The Labute approximate surface area is 116 Å². The first kappa shape index (κ1) is 12.5. The maximum absolute atomic E-state index is 12.3. The van der Waals surface area contributed by atoms with Crippen LogP contribution in [0.25, 0.3) is 10.1 Å². The van der Waals surface area contributed by atoms with Crippen molar-refractivity contribution in [2.75, 3.05) is 5.73 Å². The van der Waals surface area contributed by atoms with Crippen LogP contribution in [0.1, 0.15) is 35.9 Å². The van der Waals surface area contributed by atoms with E-state index in [1.807, 2.05) is 24.3 Å². The Morgan fingerprint density at radius 3 is 2.79 bits per heavy atom. The zero-order valence-corrected chi connectivity index (χ0v) is 11.8. The van der Waals surface area contributed by atoms with Crippen LogP contribution in [0, 0.1) is 5.92 Å². The number of amides is 1. The number of fused-ring (bicyclic) bond motifs is 1. The largest absolute Gasteiger partial charge is 0.397 e. The summed E-state index contributed by atoms with van der Waals surface area (Å²) in [6, 6.07) is 8.13. The fraction of sp³-hybridized carbons (Fsp3) is 0.400. The summed E-state index contributed by atoms with van der Waals surface area (Å²) in [4.78, 5) is 13.0. The van der Waals surface area contributed by atoms with Crippen molar-refractivity contribution in [1.82, 2.24) is 5.32 Å². The van der Waals surface area contributed by atoms with Crippen molar-refractivity contribution >= 4 is 33.0 Å². The highest BCUT2D eigenvalue weighted by molar-refractivity contribution is 7.21. The van der Waals surface area contributed by atoms with Crippen molar-refractivity contribution in [2.45, 2.75) is 32.2 Å². The zero-order chi connectivity index (χ0) is 13.4. The van der Waals surface area contributed by atoms with Crippen LogP contribution in [-0.4, -0.2) is 11.9 Å². The predicted octanol–water partition coefficient (Wildman–Crippen LogP) is 3.40. The molecular weight excluding hydrogens is 256 g/mol. The first-order valence-corrected chi connectivity index (χ1v) is 7.56. The Bertz CT molecular complexity index is 616. The molecule has 3 N–H and O–H groups in total. The van der Waals surface area contributed by atoms with Crippen molar-refractivity contribution in [1.29, 1.82) is 0 Å². The van der Waals surface area contributed by atoms with Gasteiger partial charge in [-0.15, -0.1) is 11.3 Å². The maximum atomic E-state index is 12.3. The number of rotatable bonds is 3. The van der Waals surface area contributed by atoms with Crippen molar-refractivity contribution in [3.8, 4) is 0 Å². The van der Waals surface area contributed by atoms with Gasteiger partial charge in [-0.1, -0.05) is 24.6 Å². The summed E-state index contributed by atoms with van der Waals surface area (Å²) in [5, 5.41) is 4.07. The predicted molar refractivity (Wildman–Crippen MR) is 80.5 cm³/mol. The third-order valence-electron chi connectivity index (χ3n) is 4.06. The van der Waals surface area contributed by atoms with Gasteiger partial charge in [0.1, 0.15) is 4.88 Å². The Morgan fingerprint density at radius 1 is 1.42 bits per heavy atom. The van der Waals surface area contributed by atoms with E-state index in [0.29, 0.717) is 16.5 Å². The molecule has 0 aliphatic heterocycles. The van der Waals surface area contributed by atoms with Gasteiger partial charge in [-0.25, -0.2) is 0 Å². The van der Waals surface area contributed by atoms with Crippen LogP contribution in [0.4, 0.5) is 5.69 Å². The molecule has 0 spiro atoms. The van der Waals surface area contributed by atoms with Gasteiger partial charge in [0, 0.05) is 16.1 Å². The number of hydrogen-bond donors (Lipinski definition) is 2. The molecule has 1 fully saturated rings. The Hall–Kier alpha value is -1.55. The molecule has 1 saturated carbocycles. The standard InChI is InChI=1S/C15H18N2OS/c1-9(10-5-4-6-10)17-15(18)14-13(16)11-7-2-3-8-12(11)19-14/h2-3,7-10H,4-6,16H2,1H3,(H,17,18). The third-order valence-corrected chi connectivity index (χ3v) is 5.24. The van der Waals surface area contributed by atoms with Crippen LogP contribution in [0.5, 0.6) is 0 Å². The zero-order valence-electron chi connectivity index (χ0n) is 11.0. The summed E-state index contributed by atoms with van der Waals surface area (Å²) in [7, 11) is 0. The van der Waals surface area contributed by atoms with Crippen LogP contribution < -0.4 is 11.1 Å². The van der Waals surface area contributed by atoms with Gasteiger partial charge in [-0.3, -0.25) is 4.79 Å². The number of anilines is 1. The molecule has 1 aliphatic carbocycles. The van der Waals surface area contributed by atoms with E-state index in [1.165, 1.54) is 30.6 Å². The number of benzene rings is 1. The summed E-state index contributed by atoms with van der Waals surface area (Å²) < 4.78 is 1.07. The number of thiophene rings is 1. The molecule has 4 heteroatoms. The fourth-order valence-electron chi connectivity index (χ4n) is 2.56. The minimum absolute atomic E-state index is 0.0295. The number of nitrogens with two attached hydrogens (primary N) is 1. The molecule has 1 aromatic carbocycles. The highest BCUT2D eigenvalue weighted by Crippen LogP contribution is 2.34. The highest BCUT2D eigenvalue weighted by Gasteiger charge is 2.26. The number of carbonyl (C=O) groups is 1. The lowest BCUT2D eigenvalue weighted by Crippen LogP contribution is -2.40. The fourth-order valence-corrected chi connectivity index (χ4v) is 3.59. The van der Waals surface area contributed by atoms with E-state index < -0.39 is 0 Å². The summed E-state index contributed by atoms with van der Waals surface area (Å²) >= 11 is 1.47. The minimum atomic E-state index is -0.0295. The quantitative estimate of drug-likeness (QED) is 0.901. The van der Waals surface area contributed by atoms with Gasteiger partial charge < -0.3 is 11.1 Å². The Morgan fingerprint density at radius 2 is 2.16 bits per heavy atom. The van der Waals surface area contributed by atoms with Gasteiger partial charge in [-0.2, -0.15) is 0 Å². The molecule has 1 aromatic heterocycles. The highest BCUT2D eigenvalue weighted by atomic mass is 32.1. The van der Waals surface area contributed by atoms with Gasteiger partial charge >= 0.3 is 0 Å². The number of nitrogen functional groups attached to an aromatic ring is 1. The summed E-state index contributed by atoms with van der Waals surface area (Å²) in [5.41, 5.74) is 6.70. The SMILES string of the molecule is CC(NC(=O)c1sc2ccccc2c1N)C1CCC1. The molecule has 1 atom stereocenters. The second kappa shape index (κ2) is 4.85. The molecule has 2 aromatic rings. The summed E-state index contributed by atoms with van der Waals surface area (Å²) in [6.07, 6.45) is 3.74. The molecule has 1 amide bonds. The van der Waals surface area contributed by atoms with Gasteiger partial charge in [0.15, 0.2) is 0 Å². The number of nitrogens with one attached hydrogen (secondary N) is 1. The van der Waals surface area contributed by atoms with E-state index in [2.05, 4.69) is 12.2 Å². The van der Waals surface area contributed by atoms with Crippen LogP contribution in [0.3, 0.4) is 0 Å². The summed E-state index contributed by atoms with van der Waals surface area (Å²) in [5.74, 6) is 0.609. The van der Waals surface area contributed by atoms with Gasteiger partial charge in [-0.05, 0) is 31.7 Å². The summed E-state index contributed by atoms with van der Waals surface area (Å²) in [6.45, 7) is 2.09. The van der Waals surface area contributed by atoms with Crippen LogP contribution >= 0.6 is 11.3 Å². The maximum Gasteiger partial charge on any atom is 0.263 e. The topological polar surface area (TPSA) is 55.1 Å². The molecule has 0 bridgehead atoms. The lowest BCUT2D eigenvalue weighted by Gasteiger charge is -2.31. The van der Waals surface area contributed by atoms with Crippen molar-refractivity contribution in [3.63, 3.8) is 0 Å². The third kappa shape index (κ3) is 2.21. The van der Waals surface area contributed by atoms with E-state index >= 15 is 0 Å². The van der Waals surface area contributed by atoms with Crippen LogP contribution in [0.15, 0.2) is 24.3 Å². The van der Waals surface area contributed by atoms with Gasteiger partial charge in [0.2, 0.25) is 0 Å².